The molecule has 1 amide bonds. The molecule has 0 radical (unpaired) electrons. The van der Waals surface area contributed by atoms with Gasteiger partial charge in [0.05, 0.1) is 16.0 Å². The zero-order valence-corrected chi connectivity index (χ0v) is 15.0. The zero-order chi connectivity index (χ0) is 19.4. The highest BCUT2D eigenvalue weighted by Gasteiger charge is 2.66. The Hall–Kier alpha value is -2.80. The van der Waals surface area contributed by atoms with Crippen molar-refractivity contribution in [2.75, 3.05) is 11.9 Å². The van der Waals surface area contributed by atoms with Crippen LogP contribution < -0.4 is 11.1 Å². The summed E-state index contributed by atoms with van der Waals surface area (Å²) in [6.45, 7) is 0.468. The molecule has 140 valence electrons. The summed E-state index contributed by atoms with van der Waals surface area (Å²) in [5, 5.41) is 13.4. The number of nitrogens with zero attached hydrogens (tertiary/aromatic N) is 3. The van der Waals surface area contributed by atoms with Gasteiger partial charge in [-0.15, -0.1) is 11.3 Å². The topological polar surface area (TPSA) is 113 Å². The predicted molar refractivity (Wildman–Crippen MR) is 95.5 cm³/mol. The first-order chi connectivity index (χ1) is 12.7. The summed E-state index contributed by atoms with van der Waals surface area (Å²) in [4.78, 5) is 20.6. The van der Waals surface area contributed by atoms with E-state index >= 15 is 0 Å². The van der Waals surface area contributed by atoms with Crippen molar-refractivity contribution < 1.29 is 18.3 Å². The third kappa shape index (κ3) is 2.78. The molecule has 0 bridgehead atoms. The molecule has 1 aliphatic carbocycles. The first-order valence-corrected chi connectivity index (χ1v) is 9.07. The van der Waals surface area contributed by atoms with E-state index in [0.717, 1.165) is 4.70 Å². The number of anilines is 1. The summed E-state index contributed by atoms with van der Waals surface area (Å²) >= 11 is 1.34. The lowest BCUT2D eigenvalue weighted by molar-refractivity contribution is -0.127. The number of fused-ring (bicyclic) bond motifs is 1. The SMILES string of the molecule is C[C@]1([C@@H]2C[C@H]2C(=O)Nc2csc3cc(C#N)cnc23)N=C(N)OCC1(F)F. The molecule has 27 heavy (non-hydrogen) atoms. The number of aromatic nitrogens is 1. The van der Waals surface area contributed by atoms with Crippen LogP contribution in [-0.2, 0) is 9.53 Å². The molecule has 0 saturated heterocycles. The van der Waals surface area contributed by atoms with E-state index in [1.165, 1.54) is 24.5 Å². The van der Waals surface area contributed by atoms with E-state index in [-0.39, 0.29) is 11.9 Å². The van der Waals surface area contributed by atoms with Gasteiger partial charge in [0.2, 0.25) is 5.91 Å². The molecule has 2 aromatic rings. The molecule has 0 unspecified atom stereocenters. The van der Waals surface area contributed by atoms with E-state index in [0.29, 0.717) is 23.2 Å². The number of thiophene rings is 1. The first-order valence-electron chi connectivity index (χ1n) is 8.19. The lowest BCUT2D eigenvalue weighted by Crippen LogP contribution is -2.55. The van der Waals surface area contributed by atoms with Gasteiger partial charge in [0, 0.05) is 23.4 Å². The minimum absolute atomic E-state index is 0.282. The second kappa shape index (κ2) is 5.85. The predicted octanol–water partition coefficient (Wildman–Crippen LogP) is 2.48. The van der Waals surface area contributed by atoms with E-state index in [1.807, 2.05) is 6.07 Å². The number of alkyl halides is 2. The summed E-state index contributed by atoms with van der Waals surface area (Å²) in [7, 11) is 0. The number of hydrogen-bond acceptors (Lipinski definition) is 7. The monoisotopic (exact) mass is 391 g/mol. The van der Waals surface area contributed by atoms with E-state index in [9.17, 15) is 13.6 Å². The van der Waals surface area contributed by atoms with Crippen LogP contribution in [0.25, 0.3) is 10.2 Å². The van der Waals surface area contributed by atoms with Crippen molar-refractivity contribution >= 4 is 39.2 Å². The fourth-order valence-corrected chi connectivity index (χ4v) is 4.29. The molecule has 1 aliphatic heterocycles. The maximum atomic E-state index is 14.4. The zero-order valence-electron chi connectivity index (χ0n) is 14.2. The number of amides is 1. The molecule has 3 N–H and O–H groups in total. The standard InChI is InChI=1S/C17H15F2N5O2S/c1-16(17(18,19)7-26-15(21)24-16)10-3-9(10)14(25)23-11-6-27-12-2-8(4-20)5-22-13(11)12/h2,5-6,9-10H,3,7H2,1H3,(H2,21,24)(H,23,25)/t9-,10-,16-/m1/s1. The van der Waals surface area contributed by atoms with Crippen molar-refractivity contribution in [3.63, 3.8) is 0 Å². The number of rotatable bonds is 3. The van der Waals surface area contributed by atoms with Gasteiger partial charge in [-0.05, 0) is 19.4 Å². The number of nitriles is 1. The molecule has 7 nitrogen and oxygen atoms in total. The number of nitrogens with one attached hydrogen (secondary N) is 1. The van der Waals surface area contributed by atoms with Crippen molar-refractivity contribution in [2.45, 2.75) is 24.8 Å². The smallest absolute Gasteiger partial charge is 0.306 e. The fraction of sp³-hybridized carbons (Fsp3) is 0.412. The number of pyridine rings is 1. The molecule has 3 heterocycles. The van der Waals surface area contributed by atoms with Crippen molar-refractivity contribution in [2.24, 2.45) is 22.6 Å². The highest BCUT2D eigenvalue weighted by molar-refractivity contribution is 7.17. The molecular formula is C17H15F2N5O2S. The molecule has 2 aromatic heterocycles. The van der Waals surface area contributed by atoms with Gasteiger partial charge in [-0.2, -0.15) is 5.26 Å². The van der Waals surface area contributed by atoms with Crippen LogP contribution in [0.3, 0.4) is 0 Å². The summed E-state index contributed by atoms with van der Waals surface area (Å²) in [6, 6.07) is 3.41. The van der Waals surface area contributed by atoms with E-state index in [4.69, 9.17) is 11.0 Å². The van der Waals surface area contributed by atoms with Gasteiger partial charge in [-0.1, -0.05) is 0 Å². The van der Waals surface area contributed by atoms with Gasteiger partial charge in [-0.25, -0.2) is 13.8 Å². The molecule has 0 spiro atoms. The Balaban J connectivity index is 1.53. The lowest BCUT2D eigenvalue weighted by Gasteiger charge is -2.37. The van der Waals surface area contributed by atoms with Gasteiger partial charge in [0.25, 0.3) is 6.02 Å². The van der Waals surface area contributed by atoms with Crippen LogP contribution in [0.4, 0.5) is 14.5 Å². The van der Waals surface area contributed by atoms with Crippen LogP contribution >= 0.6 is 11.3 Å². The van der Waals surface area contributed by atoms with Crippen molar-refractivity contribution in [3.8, 4) is 6.07 Å². The van der Waals surface area contributed by atoms with E-state index in [2.05, 4.69) is 20.0 Å². The fourth-order valence-electron chi connectivity index (χ4n) is 3.40. The summed E-state index contributed by atoms with van der Waals surface area (Å²) in [5.74, 6) is -4.79. The van der Waals surface area contributed by atoms with Crippen LogP contribution in [0.15, 0.2) is 22.6 Å². The number of halogens is 2. The highest BCUT2D eigenvalue weighted by atomic mass is 32.1. The number of ether oxygens (including phenoxy) is 1. The number of nitrogens with two attached hydrogens (primary N) is 1. The van der Waals surface area contributed by atoms with Crippen molar-refractivity contribution in [3.05, 3.63) is 23.2 Å². The maximum Gasteiger partial charge on any atom is 0.306 e. The third-order valence-corrected chi connectivity index (χ3v) is 6.05. The quantitative estimate of drug-likeness (QED) is 0.834. The Labute approximate surface area is 156 Å². The number of carbonyl (C=O) groups is 1. The number of hydrogen-bond donors (Lipinski definition) is 2. The summed E-state index contributed by atoms with van der Waals surface area (Å²) in [6.07, 6.45) is 1.72. The highest BCUT2D eigenvalue weighted by Crippen LogP contribution is 2.55. The molecule has 4 rings (SSSR count). The van der Waals surface area contributed by atoms with Crippen LogP contribution in [-0.4, -0.2) is 35.0 Å². The molecular weight excluding hydrogens is 376 g/mol. The second-order valence-electron chi connectivity index (χ2n) is 6.86. The Kier molecular flexibility index (Phi) is 3.82. The lowest BCUT2D eigenvalue weighted by atomic mass is 9.87. The Bertz CT molecular complexity index is 1010. The van der Waals surface area contributed by atoms with E-state index in [1.54, 1.807) is 11.4 Å². The Morgan fingerprint density at radius 2 is 2.33 bits per heavy atom. The largest absolute Gasteiger partial charge is 0.459 e. The Morgan fingerprint density at radius 1 is 1.56 bits per heavy atom. The Morgan fingerprint density at radius 3 is 3.07 bits per heavy atom. The average Bonchev–Trinajstić information content (AvgIpc) is 3.36. The molecule has 3 atom stereocenters. The molecule has 1 saturated carbocycles. The maximum absolute atomic E-state index is 14.4. The van der Waals surface area contributed by atoms with Crippen molar-refractivity contribution in [1.29, 1.82) is 5.26 Å². The van der Waals surface area contributed by atoms with Gasteiger partial charge in [0.1, 0.15) is 17.1 Å². The van der Waals surface area contributed by atoms with Crippen LogP contribution in [0.2, 0.25) is 0 Å². The number of aliphatic imine (C=N–C) groups is 1. The van der Waals surface area contributed by atoms with Crippen LogP contribution in [0, 0.1) is 23.2 Å². The molecule has 2 aliphatic rings. The summed E-state index contributed by atoms with van der Waals surface area (Å²) in [5.41, 5.74) is 5.20. The normalized spacial score (nSPS) is 28.7. The third-order valence-electron chi connectivity index (χ3n) is 5.13. The van der Waals surface area contributed by atoms with Gasteiger partial charge in [0.15, 0.2) is 6.61 Å². The minimum Gasteiger partial charge on any atom is -0.459 e. The van der Waals surface area contributed by atoms with Crippen LogP contribution in [0.5, 0.6) is 0 Å². The minimum atomic E-state index is -3.21. The first kappa shape index (κ1) is 17.6. The van der Waals surface area contributed by atoms with E-state index < -0.39 is 29.9 Å². The van der Waals surface area contributed by atoms with Gasteiger partial charge < -0.3 is 15.8 Å². The van der Waals surface area contributed by atoms with Crippen molar-refractivity contribution in [1.82, 2.24) is 4.98 Å². The van der Waals surface area contributed by atoms with Crippen LogP contribution in [0.1, 0.15) is 18.9 Å². The van der Waals surface area contributed by atoms with Gasteiger partial charge in [-0.3, -0.25) is 9.78 Å². The van der Waals surface area contributed by atoms with Gasteiger partial charge >= 0.3 is 5.92 Å². The number of amidine groups is 1. The molecule has 10 heteroatoms. The summed E-state index contributed by atoms with van der Waals surface area (Å²) < 4.78 is 34.1. The average molecular weight is 391 g/mol. The second-order valence-corrected chi connectivity index (χ2v) is 7.77. The number of carbonyl (C=O) groups excluding carboxylic acids is 1. The molecule has 1 fully saturated rings. The molecule has 0 aromatic carbocycles.